The Hall–Kier alpha value is -0.160. The molecule has 158 valence electrons. The summed E-state index contributed by atoms with van der Waals surface area (Å²) in [5.74, 6) is 1.08. The molecule has 0 saturated carbocycles. The van der Waals surface area contributed by atoms with E-state index < -0.39 is 0 Å². The maximum atomic E-state index is 9.59. The van der Waals surface area contributed by atoms with Gasteiger partial charge in [0.15, 0.2) is 5.96 Å². The van der Waals surface area contributed by atoms with E-state index in [9.17, 15) is 5.11 Å². The molecular formula is C19H38IN5O2. The highest BCUT2D eigenvalue weighted by Crippen LogP contribution is 2.17. The lowest BCUT2D eigenvalue weighted by Crippen LogP contribution is -2.46. The Morgan fingerprint density at radius 2 is 1.85 bits per heavy atom. The smallest absolute Gasteiger partial charge is 0.193 e. The first kappa shape index (κ1) is 23.1. The van der Waals surface area contributed by atoms with Gasteiger partial charge in [0, 0.05) is 58.4 Å². The number of morpholine rings is 1. The van der Waals surface area contributed by atoms with E-state index in [0.29, 0.717) is 6.04 Å². The maximum Gasteiger partial charge on any atom is 0.193 e. The molecule has 0 aliphatic carbocycles. The summed E-state index contributed by atoms with van der Waals surface area (Å²) in [5.41, 5.74) is 0. The first-order valence-corrected chi connectivity index (χ1v) is 10.5. The van der Waals surface area contributed by atoms with Crippen LogP contribution < -0.4 is 5.32 Å². The minimum atomic E-state index is -0.0841. The highest BCUT2D eigenvalue weighted by Gasteiger charge is 2.30. The van der Waals surface area contributed by atoms with Crippen LogP contribution in [0.5, 0.6) is 0 Å². The Labute approximate surface area is 181 Å². The summed E-state index contributed by atoms with van der Waals surface area (Å²) >= 11 is 0. The highest BCUT2D eigenvalue weighted by molar-refractivity contribution is 14.0. The number of ether oxygens (including phenoxy) is 1. The van der Waals surface area contributed by atoms with Gasteiger partial charge in [0.05, 0.1) is 19.3 Å². The highest BCUT2D eigenvalue weighted by atomic mass is 127. The number of halogens is 1. The second-order valence-electron chi connectivity index (χ2n) is 7.70. The molecule has 0 aromatic heterocycles. The largest absolute Gasteiger partial charge is 0.393 e. The predicted octanol–water partition coefficient (Wildman–Crippen LogP) is 0.823. The molecule has 3 aliphatic rings. The normalized spacial score (nSPS) is 26.2. The van der Waals surface area contributed by atoms with Crippen LogP contribution >= 0.6 is 24.0 Å². The Bertz CT molecular complexity index is 440. The van der Waals surface area contributed by atoms with E-state index >= 15 is 0 Å². The third-order valence-electron chi connectivity index (χ3n) is 5.81. The summed E-state index contributed by atoms with van der Waals surface area (Å²) in [5, 5.41) is 13.1. The summed E-state index contributed by atoms with van der Waals surface area (Å²) in [6, 6.07) is 0.641. The number of likely N-dealkylation sites (tertiary alicyclic amines) is 2. The van der Waals surface area contributed by atoms with Crippen LogP contribution in [-0.2, 0) is 4.74 Å². The number of hydrogen-bond acceptors (Lipinski definition) is 5. The van der Waals surface area contributed by atoms with E-state index in [4.69, 9.17) is 9.73 Å². The molecule has 8 heteroatoms. The van der Waals surface area contributed by atoms with Crippen molar-refractivity contribution in [3.05, 3.63) is 0 Å². The molecule has 3 heterocycles. The van der Waals surface area contributed by atoms with E-state index in [1.165, 1.54) is 6.42 Å². The van der Waals surface area contributed by atoms with Crippen LogP contribution in [0.4, 0.5) is 0 Å². The molecule has 27 heavy (non-hydrogen) atoms. The van der Waals surface area contributed by atoms with Crippen LogP contribution in [0.1, 0.15) is 32.6 Å². The van der Waals surface area contributed by atoms with Crippen LogP contribution in [0.2, 0.25) is 0 Å². The number of nitrogens with zero attached hydrogens (tertiary/aromatic N) is 4. The number of hydrogen-bond donors (Lipinski definition) is 2. The van der Waals surface area contributed by atoms with Crippen LogP contribution in [0.25, 0.3) is 0 Å². The number of aliphatic imine (C=N–C) groups is 1. The van der Waals surface area contributed by atoms with Crippen molar-refractivity contribution in [2.24, 2.45) is 4.99 Å². The quantitative estimate of drug-likeness (QED) is 0.246. The molecule has 2 N–H and O–H groups in total. The first-order chi connectivity index (χ1) is 12.8. The Morgan fingerprint density at radius 3 is 2.56 bits per heavy atom. The van der Waals surface area contributed by atoms with Crippen molar-refractivity contribution in [1.82, 2.24) is 20.0 Å². The zero-order chi connectivity index (χ0) is 18.2. The number of rotatable bonds is 6. The Morgan fingerprint density at radius 1 is 1.11 bits per heavy atom. The summed E-state index contributed by atoms with van der Waals surface area (Å²) in [4.78, 5) is 12.4. The number of piperidine rings is 1. The lowest BCUT2D eigenvalue weighted by Gasteiger charge is -2.32. The third kappa shape index (κ3) is 7.30. The summed E-state index contributed by atoms with van der Waals surface area (Å²) in [6.45, 7) is 13.1. The fourth-order valence-corrected chi connectivity index (χ4v) is 4.22. The molecule has 1 unspecified atom stereocenters. The molecule has 0 aromatic rings. The fourth-order valence-electron chi connectivity index (χ4n) is 4.22. The van der Waals surface area contributed by atoms with Gasteiger partial charge < -0.3 is 25.0 Å². The molecule has 0 bridgehead atoms. The zero-order valence-electron chi connectivity index (χ0n) is 16.8. The van der Waals surface area contributed by atoms with Gasteiger partial charge >= 0.3 is 0 Å². The average Bonchev–Trinajstić information content (AvgIpc) is 3.16. The van der Waals surface area contributed by atoms with E-state index in [1.807, 2.05) is 0 Å². The molecule has 1 atom stereocenters. The van der Waals surface area contributed by atoms with E-state index in [2.05, 4.69) is 26.9 Å². The van der Waals surface area contributed by atoms with Crippen molar-refractivity contribution in [1.29, 1.82) is 0 Å². The second kappa shape index (κ2) is 12.4. The summed E-state index contributed by atoms with van der Waals surface area (Å²) in [7, 11) is 0. The lowest BCUT2D eigenvalue weighted by molar-refractivity contribution is 0.0195. The lowest BCUT2D eigenvalue weighted by atomic mass is 10.1. The molecule has 7 nitrogen and oxygen atoms in total. The summed E-state index contributed by atoms with van der Waals surface area (Å²) < 4.78 is 5.48. The van der Waals surface area contributed by atoms with Crippen LogP contribution in [0.3, 0.4) is 0 Å². The number of nitrogens with one attached hydrogen (secondary N) is 1. The minimum Gasteiger partial charge on any atom is -0.393 e. The van der Waals surface area contributed by atoms with Gasteiger partial charge in [-0.2, -0.15) is 0 Å². The Kier molecular flexibility index (Phi) is 10.6. The molecule has 0 aromatic carbocycles. The standard InChI is InChI=1S/C19H37N5O2.HI/c1-2-20-19(21-7-3-8-22-9-5-18(25)6-10-22)24-11-4-17(16-24)23-12-14-26-15-13-23;/h17-18,25H,2-16H2,1H3,(H,20,21);1H. The minimum absolute atomic E-state index is 0. The van der Waals surface area contributed by atoms with E-state index in [-0.39, 0.29) is 30.1 Å². The zero-order valence-corrected chi connectivity index (χ0v) is 19.1. The molecule has 3 fully saturated rings. The van der Waals surface area contributed by atoms with Crippen LogP contribution in [0.15, 0.2) is 4.99 Å². The molecule has 0 spiro atoms. The first-order valence-electron chi connectivity index (χ1n) is 10.5. The Balaban J connectivity index is 0.00000261. The topological polar surface area (TPSA) is 63.6 Å². The number of guanidine groups is 1. The molecule has 3 rings (SSSR count). The van der Waals surface area contributed by atoms with Gasteiger partial charge in [-0.1, -0.05) is 0 Å². The average molecular weight is 495 g/mol. The van der Waals surface area contributed by atoms with Crippen molar-refractivity contribution in [2.75, 3.05) is 72.1 Å². The molecule has 3 saturated heterocycles. The predicted molar refractivity (Wildman–Crippen MR) is 120 cm³/mol. The van der Waals surface area contributed by atoms with Crippen molar-refractivity contribution < 1.29 is 9.84 Å². The second-order valence-corrected chi connectivity index (χ2v) is 7.70. The van der Waals surface area contributed by atoms with Gasteiger partial charge in [0.2, 0.25) is 0 Å². The number of aliphatic hydroxyl groups is 1. The number of aliphatic hydroxyl groups excluding tert-OH is 1. The molecular weight excluding hydrogens is 457 g/mol. The maximum absolute atomic E-state index is 9.59. The van der Waals surface area contributed by atoms with Gasteiger partial charge in [0.1, 0.15) is 0 Å². The molecule has 3 aliphatic heterocycles. The van der Waals surface area contributed by atoms with Crippen molar-refractivity contribution in [3.63, 3.8) is 0 Å². The van der Waals surface area contributed by atoms with Crippen molar-refractivity contribution >= 4 is 29.9 Å². The van der Waals surface area contributed by atoms with Crippen LogP contribution in [-0.4, -0.2) is 110 Å². The van der Waals surface area contributed by atoms with Crippen molar-refractivity contribution in [3.8, 4) is 0 Å². The van der Waals surface area contributed by atoms with Gasteiger partial charge in [-0.3, -0.25) is 9.89 Å². The van der Waals surface area contributed by atoms with Gasteiger partial charge in [-0.15, -0.1) is 24.0 Å². The fraction of sp³-hybridized carbons (Fsp3) is 0.947. The monoisotopic (exact) mass is 495 g/mol. The third-order valence-corrected chi connectivity index (χ3v) is 5.81. The van der Waals surface area contributed by atoms with Crippen molar-refractivity contribution in [2.45, 2.75) is 44.8 Å². The van der Waals surface area contributed by atoms with Gasteiger partial charge in [-0.05, 0) is 39.2 Å². The SMILES string of the molecule is CCNC(=NCCCN1CCC(O)CC1)N1CCC(N2CCOCC2)C1.I. The summed E-state index contributed by atoms with van der Waals surface area (Å²) in [6.07, 6.45) is 4.07. The molecule has 0 radical (unpaired) electrons. The van der Waals surface area contributed by atoms with E-state index in [1.54, 1.807) is 0 Å². The van der Waals surface area contributed by atoms with Crippen LogP contribution in [0, 0.1) is 0 Å². The van der Waals surface area contributed by atoms with Gasteiger partial charge in [0.25, 0.3) is 0 Å². The van der Waals surface area contributed by atoms with Gasteiger partial charge in [-0.25, -0.2) is 0 Å². The molecule has 0 amide bonds. The van der Waals surface area contributed by atoms with E-state index in [0.717, 1.165) is 97.3 Å².